The summed E-state index contributed by atoms with van der Waals surface area (Å²) < 4.78 is 11.2. The van der Waals surface area contributed by atoms with Crippen molar-refractivity contribution in [2.24, 2.45) is 0 Å². The van der Waals surface area contributed by atoms with Gasteiger partial charge in [0.05, 0.1) is 6.61 Å². The first-order valence-corrected chi connectivity index (χ1v) is 7.00. The second-order valence-electron chi connectivity index (χ2n) is 4.38. The molecule has 0 aromatic heterocycles. The van der Waals surface area contributed by atoms with E-state index in [1.165, 1.54) is 0 Å². The molecule has 4 heteroatoms. The number of ether oxygens (including phenoxy) is 2. The predicted molar refractivity (Wildman–Crippen MR) is 76.9 cm³/mol. The Morgan fingerprint density at radius 2 is 1.95 bits per heavy atom. The summed E-state index contributed by atoms with van der Waals surface area (Å²) >= 11 is 0. The first-order valence-electron chi connectivity index (χ1n) is 7.00. The Labute approximate surface area is 115 Å². The highest BCUT2D eigenvalue weighted by molar-refractivity contribution is 5.32. The molecule has 0 amide bonds. The van der Waals surface area contributed by atoms with Crippen molar-refractivity contribution < 1.29 is 14.6 Å². The van der Waals surface area contributed by atoms with Gasteiger partial charge in [-0.1, -0.05) is 13.0 Å². The predicted octanol–water partition coefficient (Wildman–Crippen LogP) is 2.21. The van der Waals surface area contributed by atoms with Crippen molar-refractivity contribution in [3.8, 4) is 11.5 Å². The molecule has 19 heavy (non-hydrogen) atoms. The van der Waals surface area contributed by atoms with Gasteiger partial charge in [-0.3, -0.25) is 0 Å². The zero-order valence-corrected chi connectivity index (χ0v) is 11.9. The summed E-state index contributed by atoms with van der Waals surface area (Å²) in [5.74, 6) is 1.62. The molecule has 1 rings (SSSR count). The first kappa shape index (κ1) is 15.8. The minimum absolute atomic E-state index is 0.170. The van der Waals surface area contributed by atoms with Crippen molar-refractivity contribution in [2.45, 2.75) is 32.7 Å². The summed E-state index contributed by atoms with van der Waals surface area (Å²) in [6.07, 6.45) is 1.77. The van der Waals surface area contributed by atoms with Crippen molar-refractivity contribution in [3.05, 3.63) is 24.3 Å². The van der Waals surface area contributed by atoms with Gasteiger partial charge in [0.2, 0.25) is 0 Å². The third kappa shape index (κ3) is 6.45. The van der Waals surface area contributed by atoms with Crippen LogP contribution in [0.25, 0.3) is 0 Å². The molecular formula is C15H25NO3. The molecule has 0 fully saturated rings. The summed E-state index contributed by atoms with van der Waals surface area (Å²) in [6, 6.07) is 7.82. The van der Waals surface area contributed by atoms with Crippen molar-refractivity contribution in [1.29, 1.82) is 0 Å². The zero-order chi connectivity index (χ0) is 13.9. The van der Waals surface area contributed by atoms with Gasteiger partial charge in [0.15, 0.2) is 0 Å². The monoisotopic (exact) mass is 267 g/mol. The van der Waals surface area contributed by atoms with Gasteiger partial charge in [-0.05, 0) is 38.4 Å². The van der Waals surface area contributed by atoms with Crippen LogP contribution in [0.15, 0.2) is 24.3 Å². The Morgan fingerprint density at radius 3 is 2.58 bits per heavy atom. The Bertz CT molecular complexity index is 344. The molecule has 0 aliphatic carbocycles. The maximum Gasteiger partial charge on any atom is 0.123 e. The average molecular weight is 267 g/mol. The van der Waals surface area contributed by atoms with Crippen molar-refractivity contribution >= 4 is 0 Å². The van der Waals surface area contributed by atoms with Gasteiger partial charge in [0.1, 0.15) is 18.1 Å². The van der Waals surface area contributed by atoms with E-state index >= 15 is 0 Å². The van der Waals surface area contributed by atoms with Crippen LogP contribution in [0.1, 0.15) is 26.7 Å². The van der Waals surface area contributed by atoms with Crippen LogP contribution in [0.2, 0.25) is 0 Å². The molecule has 0 bridgehead atoms. The van der Waals surface area contributed by atoms with Gasteiger partial charge < -0.3 is 19.9 Å². The van der Waals surface area contributed by atoms with E-state index < -0.39 is 0 Å². The van der Waals surface area contributed by atoms with Crippen LogP contribution in [0.5, 0.6) is 11.5 Å². The van der Waals surface area contributed by atoms with Crippen LogP contribution >= 0.6 is 0 Å². The van der Waals surface area contributed by atoms with E-state index in [1.807, 2.05) is 31.2 Å². The summed E-state index contributed by atoms with van der Waals surface area (Å²) in [7, 11) is 0. The Balaban J connectivity index is 2.45. The van der Waals surface area contributed by atoms with Crippen LogP contribution in [0.4, 0.5) is 0 Å². The molecule has 1 unspecified atom stereocenters. The second kappa shape index (κ2) is 9.64. The van der Waals surface area contributed by atoms with E-state index in [9.17, 15) is 0 Å². The molecule has 4 nitrogen and oxygen atoms in total. The highest BCUT2D eigenvalue weighted by Crippen LogP contribution is 2.19. The Kier molecular flexibility index (Phi) is 8.02. The van der Waals surface area contributed by atoms with Gasteiger partial charge in [0.25, 0.3) is 0 Å². The third-order valence-electron chi connectivity index (χ3n) is 2.73. The summed E-state index contributed by atoms with van der Waals surface area (Å²) in [5.41, 5.74) is 0. The van der Waals surface area contributed by atoms with E-state index in [-0.39, 0.29) is 12.6 Å². The lowest BCUT2D eigenvalue weighted by Crippen LogP contribution is -2.36. The van der Waals surface area contributed by atoms with Crippen molar-refractivity contribution in [2.75, 3.05) is 26.4 Å². The van der Waals surface area contributed by atoms with E-state index in [4.69, 9.17) is 14.6 Å². The summed E-state index contributed by atoms with van der Waals surface area (Å²) in [6.45, 7) is 6.39. The molecule has 0 aliphatic heterocycles. The molecule has 0 aliphatic rings. The van der Waals surface area contributed by atoms with Gasteiger partial charge in [0, 0.05) is 18.7 Å². The smallest absolute Gasteiger partial charge is 0.123 e. The molecule has 0 saturated heterocycles. The van der Waals surface area contributed by atoms with Gasteiger partial charge >= 0.3 is 0 Å². The second-order valence-corrected chi connectivity index (χ2v) is 4.38. The normalized spacial score (nSPS) is 12.2. The van der Waals surface area contributed by atoms with Gasteiger partial charge in [-0.25, -0.2) is 0 Å². The number of aliphatic hydroxyl groups excluding tert-OH is 1. The lowest BCUT2D eigenvalue weighted by atomic mass is 10.2. The molecule has 0 saturated carbocycles. The highest BCUT2D eigenvalue weighted by Gasteiger charge is 2.08. The molecule has 0 radical (unpaired) electrons. The fourth-order valence-corrected chi connectivity index (χ4v) is 1.77. The molecule has 108 valence electrons. The molecule has 0 spiro atoms. The third-order valence-corrected chi connectivity index (χ3v) is 2.73. The number of hydrogen-bond donors (Lipinski definition) is 2. The SMILES string of the molecule is CCCNC(CCO)COc1cccc(OCC)c1. The number of nitrogens with one attached hydrogen (secondary N) is 1. The quantitative estimate of drug-likeness (QED) is 0.682. The number of benzene rings is 1. The molecule has 1 aromatic rings. The largest absolute Gasteiger partial charge is 0.494 e. The zero-order valence-electron chi connectivity index (χ0n) is 11.9. The summed E-state index contributed by atoms with van der Waals surface area (Å²) in [4.78, 5) is 0. The average Bonchev–Trinajstić information content (AvgIpc) is 2.43. The molecule has 0 heterocycles. The van der Waals surface area contributed by atoms with Crippen LogP contribution in [-0.4, -0.2) is 37.5 Å². The van der Waals surface area contributed by atoms with Crippen LogP contribution < -0.4 is 14.8 Å². The lowest BCUT2D eigenvalue weighted by Gasteiger charge is -2.18. The minimum Gasteiger partial charge on any atom is -0.494 e. The Hall–Kier alpha value is -1.26. The number of hydrogen-bond acceptors (Lipinski definition) is 4. The van der Waals surface area contributed by atoms with E-state index in [0.717, 1.165) is 24.5 Å². The lowest BCUT2D eigenvalue weighted by molar-refractivity contribution is 0.213. The van der Waals surface area contributed by atoms with Crippen molar-refractivity contribution in [3.63, 3.8) is 0 Å². The standard InChI is InChI=1S/C15H25NO3/c1-3-9-16-13(8-10-17)12-19-15-7-5-6-14(11-15)18-4-2/h5-7,11,13,16-17H,3-4,8-10,12H2,1-2H3. The molecule has 1 aromatic carbocycles. The Morgan fingerprint density at radius 1 is 1.21 bits per heavy atom. The van der Waals surface area contributed by atoms with E-state index in [1.54, 1.807) is 0 Å². The fourth-order valence-electron chi connectivity index (χ4n) is 1.77. The van der Waals surface area contributed by atoms with Crippen molar-refractivity contribution in [1.82, 2.24) is 5.32 Å². The number of rotatable bonds is 10. The van der Waals surface area contributed by atoms with E-state index in [2.05, 4.69) is 12.2 Å². The van der Waals surface area contributed by atoms with Crippen LogP contribution in [-0.2, 0) is 0 Å². The molecular weight excluding hydrogens is 242 g/mol. The maximum atomic E-state index is 9.03. The van der Waals surface area contributed by atoms with Crippen LogP contribution in [0, 0.1) is 0 Å². The molecule has 1 atom stereocenters. The van der Waals surface area contributed by atoms with Gasteiger partial charge in [-0.15, -0.1) is 0 Å². The highest BCUT2D eigenvalue weighted by atomic mass is 16.5. The van der Waals surface area contributed by atoms with Gasteiger partial charge in [-0.2, -0.15) is 0 Å². The summed E-state index contributed by atoms with van der Waals surface area (Å²) in [5, 5.41) is 12.4. The number of aliphatic hydroxyl groups is 1. The first-order chi connectivity index (χ1) is 9.30. The maximum absolute atomic E-state index is 9.03. The van der Waals surface area contributed by atoms with Crippen LogP contribution in [0.3, 0.4) is 0 Å². The topological polar surface area (TPSA) is 50.7 Å². The van der Waals surface area contributed by atoms with E-state index in [0.29, 0.717) is 19.6 Å². The minimum atomic E-state index is 0.170. The molecule has 2 N–H and O–H groups in total. The fraction of sp³-hybridized carbons (Fsp3) is 0.600.